The Hall–Kier alpha value is -2.95. The van der Waals surface area contributed by atoms with E-state index in [-0.39, 0.29) is 5.91 Å². The number of hydrogen-bond acceptors (Lipinski definition) is 1. The van der Waals surface area contributed by atoms with Crippen LogP contribution in [-0.2, 0) is 11.3 Å². The van der Waals surface area contributed by atoms with Crippen LogP contribution in [0.3, 0.4) is 0 Å². The fraction of sp³-hybridized carbons (Fsp3) is 0.240. The minimum Gasteiger partial charge on any atom is -0.322 e. The predicted molar refractivity (Wildman–Crippen MR) is 117 cm³/mol. The molecule has 0 spiro atoms. The van der Waals surface area contributed by atoms with Gasteiger partial charge in [-0.2, -0.15) is 0 Å². The van der Waals surface area contributed by atoms with Crippen molar-refractivity contribution in [3.63, 3.8) is 0 Å². The topological polar surface area (TPSA) is 38.0 Å². The maximum Gasteiger partial charge on any atom is 0.279 e. The summed E-state index contributed by atoms with van der Waals surface area (Å²) in [5.41, 5.74) is 4.46. The molecule has 1 fully saturated rings. The molecule has 0 aromatic heterocycles. The van der Waals surface area contributed by atoms with Gasteiger partial charge in [-0.25, -0.2) is 0 Å². The number of rotatable bonds is 6. The van der Waals surface area contributed by atoms with E-state index in [2.05, 4.69) is 53.8 Å². The van der Waals surface area contributed by atoms with Gasteiger partial charge in [-0.1, -0.05) is 78.9 Å². The second kappa shape index (κ2) is 9.50. The van der Waals surface area contributed by atoms with Crippen molar-refractivity contribution < 1.29 is 14.6 Å². The number of amides is 1. The molecule has 1 heterocycles. The van der Waals surface area contributed by atoms with Gasteiger partial charge in [0, 0.05) is 16.8 Å². The summed E-state index contributed by atoms with van der Waals surface area (Å²) >= 11 is 0. The zero-order valence-corrected chi connectivity index (χ0v) is 16.7. The van der Waals surface area contributed by atoms with E-state index >= 15 is 0 Å². The highest BCUT2D eigenvalue weighted by Crippen LogP contribution is 2.27. The molecule has 1 aliphatic heterocycles. The van der Waals surface area contributed by atoms with Crippen molar-refractivity contribution in [2.24, 2.45) is 0 Å². The molecule has 1 aliphatic rings. The van der Waals surface area contributed by atoms with Crippen LogP contribution < -0.4 is 15.1 Å². The van der Waals surface area contributed by atoms with Crippen molar-refractivity contribution >= 4 is 11.6 Å². The van der Waals surface area contributed by atoms with E-state index < -0.39 is 0 Å². The Labute approximate surface area is 172 Å². The number of carbonyl (C=O) groups excluding carboxylic acids is 1. The second-order valence-corrected chi connectivity index (χ2v) is 7.80. The molecule has 4 rings (SSSR count). The Balaban J connectivity index is 1.30. The van der Waals surface area contributed by atoms with Crippen molar-refractivity contribution in [3.8, 4) is 11.1 Å². The normalized spacial score (nSPS) is 18.9. The number of carbonyl (C=O) groups is 1. The molecular formula is C25H29N3O+2. The quantitative estimate of drug-likeness (QED) is 0.586. The van der Waals surface area contributed by atoms with Gasteiger partial charge >= 0.3 is 0 Å². The van der Waals surface area contributed by atoms with Crippen LogP contribution in [0.15, 0.2) is 84.9 Å². The summed E-state index contributed by atoms with van der Waals surface area (Å²) in [6.45, 7) is 5.90. The lowest BCUT2D eigenvalue weighted by Crippen LogP contribution is -3.28. The summed E-state index contributed by atoms with van der Waals surface area (Å²) in [4.78, 5) is 15.7. The number of benzene rings is 3. The molecule has 1 saturated heterocycles. The van der Waals surface area contributed by atoms with E-state index in [0.717, 1.165) is 49.5 Å². The first-order valence-electron chi connectivity index (χ1n) is 10.4. The first kappa shape index (κ1) is 19.4. The van der Waals surface area contributed by atoms with Crippen molar-refractivity contribution in [3.05, 3.63) is 90.5 Å². The van der Waals surface area contributed by atoms with Gasteiger partial charge in [0.05, 0.1) is 0 Å². The van der Waals surface area contributed by atoms with Crippen LogP contribution in [0.1, 0.15) is 5.56 Å². The van der Waals surface area contributed by atoms with E-state index in [9.17, 15) is 4.79 Å². The van der Waals surface area contributed by atoms with Gasteiger partial charge < -0.3 is 15.1 Å². The molecule has 148 valence electrons. The lowest BCUT2D eigenvalue weighted by atomic mass is 10.0. The molecule has 0 unspecified atom stereocenters. The summed E-state index contributed by atoms with van der Waals surface area (Å²) in [6.07, 6.45) is 0. The van der Waals surface area contributed by atoms with Crippen molar-refractivity contribution in [2.75, 3.05) is 38.0 Å². The molecule has 0 saturated carbocycles. The van der Waals surface area contributed by atoms with Crippen LogP contribution in [0.5, 0.6) is 0 Å². The monoisotopic (exact) mass is 387 g/mol. The largest absolute Gasteiger partial charge is 0.322 e. The molecule has 0 radical (unpaired) electrons. The fourth-order valence-corrected chi connectivity index (χ4v) is 4.08. The average molecular weight is 388 g/mol. The third-order valence-electron chi connectivity index (χ3n) is 5.66. The van der Waals surface area contributed by atoms with E-state index in [4.69, 9.17) is 0 Å². The third kappa shape index (κ3) is 5.31. The van der Waals surface area contributed by atoms with Crippen LogP contribution in [0.25, 0.3) is 11.1 Å². The van der Waals surface area contributed by atoms with Gasteiger partial charge in [0.15, 0.2) is 6.54 Å². The lowest BCUT2D eigenvalue weighted by molar-refractivity contribution is -1.02. The smallest absolute Gasteiger partial charge is 0.279 e. The molecule has 4 heteroatoms. The van der Waals surface area contributed by atoms with Crippen LogP contribution in [0.4, 0.5) is 5.69 Å². The van der Waals surface area contributed by atoms with Crippen LogP contribution in [0.2, 0.25) is 0 Å². The van der Waals surface area contributed by atoms with Crippen molar-refractivity contribution in [2.45, 2.75) is 6.54 Å². The summed E-state index contributed by atoms with van der Waals surface area (Å²) < 4.78 is 0. The number of hydrogen-bond donors (Lipinski definition) is 3. The molecule has 3 aromatic rings. The standard InChI is InChI=1S/C25H27N3O/c29-25(26-24-14-8-7-13-23(24)22-11-5-2-6-12-22)20-28-17-15-27(16-18-28)19-21-9-3-1-4-10-21/h1-14H,15-20H2,(H,26,29)/p+2. The molecule has 0 atom stereocenters. The van der Waals surface area contributed by atoms with E-state index in [1.807, 2.05) is 36.4 Å². The van der Waals surface area contributed by atoms with Crippen LogP contribution in [-0.4, -0.2) is 38.6 Å². The first-order valence-corrected chi connectivity index (χ1v) is 10.4. The van der Waals surface area contributed by atoms with Gasteiger partial charge in [-0.05, 0) is 11.6 Å². The Kier molecular flexibility index (Phi) is 6.35. The van der Waals surface area contributed by atoms with E-state index in [1.165, 1.54) is 10.5 Å². The Morgan fingerprint density at radius 3 is 2.03 bits per heavy atom. The van der Waals surface area contributed by atoms with Crippen molar-refractivity contribution in [1.29, 1.82) is 0 Å². The Morgan fingerprint density at radius 1 is 0.724 bits per heavy atom. The van der Waals surface area contributed by atoms with Gasteiger partial charge in [0.2, 0.25) is 0 Å². The summed E-state index contributed by atoms with van der Waals surface area (Å²) in [5.74, 6) is 0.0925. The van der Waals surface area contributed by atoms with E-state index in [1.54, 1.807) is 4.90 Å². The number of quaternary nitrogens is 2. The fourth-order valence-electron chi connectivity index (χ4n) is 4.08. The van der Waals surface area contributed by atoms with Gasteiger partial charge in [0.25, 0.3) is 5.91 Å². The molecule has 29 heavy (non-hydrogen) atoms. The van der Waals surface area contributed by atoms with Crippen LogP contribution >= 0.6 is 0 Å². The second-order valence-electron chi connectivity index (χ2n) is 7.80. The minimum atomic E-state index is 0.0925. The highest BCUT2D eigenvalue weighted by atomic mass is 16.2. The summed E-state index contributed by atoms with van der Waals surface area (Å²) in [6, 6.07) is 28.9. The SMILES string of the molecule is O=C(C[NH+]1CC[NH+](Cc2ccccc2)CC1)Nc1ccccc1-c1ccccc1. The molecule has 0 bridgehead atoms. The third-order valence-corrected chi connectivity index (χ3v) is 5.66. The highest BCUT2D eigenvalue weighted by Gasteiger charge is 2.25. The molecule has 3 aromatic carbocycles. The zero-order chi connectivity index (χ0) is 19.9. The molecular weight excluding hydrogens is 358 g/mol. The molecule has 3 N–H and O–H groups in total. The van der Waals surface area contributed by atoms with Gasteiger partial charge in [0.1, 0.15) is 32.7 Å². The number of nitrogens with one attached hydrogen (secondary N) is 3. The van der Waals surface area contributed by atoms with Gasteiger partial charge in [-0.15, -0.1) is 0 Å². The maximum absolute atomic E-state index is 12.7. The Morgan fingerprint density at radius 2 is 1.31 bits per heavy atom. The molecule has 0 aliphatic carbocycles. The summed E-state index contributed by atoms with van der Waals surface area (Å²) in [7, 11) is 0. The Bertz CT molecular complexity index is 919. The maximum atomic E-state index is 12.7. The highest BCUT2D eigenvalue weighted by molar-refractivity contribution is 5.96. The number of anilines is 1. The van der Waals surface area contributed by atoms with Crippen molar-refractivity contribution in [1.82, 2.24) is 0 Å². The predicted octanol–water partition coefficient (Wildman–Crippen LogP) is 1.28. The molecule has 4 nitrogen and oxygen atoms in total. The lowest BCUT2D eigenvalue weighted by Gasteiger charge is -2.29. The average Bonchev–Trinajstić information content (AvgIpc) is 2.77. The first-order chi connectivity index (χ1) is 14.3. The zero-order valence-electron chi connectivity index (χ0n) is 16.7. The summed E-state index contributed by atoms with van der Waals surface area (Å²) in [5, 5.41) is 3.14. The van der Waals surface area contributed by atoms with E-state index in [0.29, 0.717) is 6.54 Å². The van der Waals surface area contributed by atoms with Gasteiger partial charge in [-0.3, -0.25) is 4.79 Å². The minimum absolute atomic E-state index is 0.0925. The number of piperazine rings is 1. The molecule has 1 amide bonds. The number of para-hydroxylation sites is 1. The van der Waals surface area contributed by atoms with Crippen LogP contribution in [0, 0.1) is 0 Å².